The Morgan fingerprint density at radius 1 is 0.391 bits per heavy atom. The molecule has 2 nitrogen and oxygen atoms in total. The minimum absolute atomic E-state index is 0.00694. The maximum atomic E-state index is 13.0. The van der Waals surface area contributed by atoms with Gasteiger partial charge in [-0.05, 0) is 171 Å². The highest BCUT2D eigenvalue weighted by Crippen LogP contribution is 2.50. The molecule has 0 aromatic heterocycles. The van der Waals surface area contributed by atoms with Crippen molar-refractivity contribution >= 4 is 34.8 Å². The lowest BCUT2D eigenvalue weighted by Gasteiger charge is -2.42. The standard InChI is InChI=1S/C13H17F3.C12H15F3.C11H22O.C10H14.C9H18O.C9H20.C8H12F6.2C8H18.C6H11Cl3.C6H11F3.C6H12F2/c1-9-5-7-10(8-6-9)11(12(2,3)4)13(14,15)16;1-11(2,3)10(12(13,14)15)9-7-5-4-6-8-9;1-11(2,3)8-7-10-6-4-5-9-12-10;1-10(2,3)9-7-5-4-6-8-9;1-8(2,3)5-9(4)6-10-7-9;1-8(2,3)7-9(4,5)6;1-6(2,3)4-5(7(9,10)11)8(12,13)14;1-7(2)6-8(3,4)5;1-5-6-7-8(2,3)4;2*1-5(2,3)4-6(7,8)9;1-6(2,3)4-5(7)8/h5-8,11H,1-4H3;4-8,10H,1-3H3;10H,4-9H2,1-3H3;4-8H,1-3H3;5-7H2,1-4H3;7H2,1-6H3;5H,4H2,1-3H3;7H,6H2,1-5H3;5-7H2,1-4H3;2*4H2,1-3H3;5H,4H2,1-3H3. The van der Waals surface area contributed by atoms with Gasteiger partial charge in [-0.25, -0.2) is 8.78 Å². The van der Waals surface area contributed by atoms with Crippen LogP contribution in [0, 0.1) is 89.2 Å². The van der Waals surface area contributed by atoms with Gasteiger partial charge in [-0.3, -0.25) is 0 Å². The molecule has 2 saturated heterocycles. The summed E-state index contributed by atoms with van der Waals surface area (Å²) in [5.74, 6) is -5.21. The molecule has 128 heavy (non-hydrogen) atoms. The summed E-state index contributed by atoms with van der Waals surface area (Å²) in [4.78, 5) is 0. The number of unbranched alkanes of at least 4 members (excludes halogenated alkanes) is 1. The van der Waals surface area contributed by atoms with Gasteiger partial charge in [-0.1, -0.05) is 436 Å². The molecule has 0 bridgehead atoms. The van der Waals surface area contributed by atoms with Crippen LogP contribution < -0.4 is 0 Å². The lowest BCUT2D eigenvalue weighted by atomic mass is 9.74. The first-order chi connectivity index (χ1) is 55.8. The summed E-state index contributed by atoms with van der Waals surface area (Å²) in [6, 6.07) is 25.2. The largest absolute Gasteiger partial charge is 0.400 e. The Morgan fingerprint density at radius 2 is 0.734 bits per heavy atom. The normalized spacial score (nSPS) is 15.8. The van der Waals surface area contributed by atoms with Crippen molar-refractivity contribution in [2.24, 2.45) is 82.2 Å². The van der Waals surface area contributed by atoms with E-state index in [9.17, 15) is 74.6 Å². The number of halogens is 20. The van der Waals surface area contributed by atoms with E-state index in [0.29, 0.717) is 67.0 Å². The fourth-order valence-electron chi connectivity index (χ4n) is 14.4. The maximum Gasteiger partial charge on any atom is 0.400 e. The number of alkyl halides is 20. The van der Waals surface area contributed by atoms with Crippen molar-refractivity contribution in [2.75, 3.05) is 19.8 Å². The molecule has 0 radical (unpaired) electrons. The first-order valence-corrected chi connectivity index (χ1v) is 47.0. The Balaban J connectivity index is -0.000000251. The molecule has 0 N–H and O–H groups in total. The van der Waals surface area contributed by atoms with Crippen molar-refractivity contribution < 1.29 is 84.1 Å². The summed E-state index contributed by atoms with van der Waals surface area (Å²) in [5.41, 5.74) is 3.36. The van der Waals surface area contributed by atoms with Gasteiger partial charge >= 0.3 is 30.9 Å². The molecule has 3 unspecified atom stereocenters. The molecule has 2 heterocycles. The van der Waals surface area contributed by atoms with Crippen LogP contribution in [0.2, 0.25) is 0 Å². The molecule has 22 heteroatoms. The minimum atomic E-state index is -5.22. The van der Waals surface area contributed by atoms with Crippen molar-refractivity contribution in [2.45, 2.75) is 465 Å². The quantitative estimate of drug-likeness (QED) is 0.149. The van der Waals surface area contributed by atoms with Crippen LogP contribution >= 0.6 is 34.8 Å². The third kappa shape index (κ3) is 95.0. The van der Waals surface area contributed by atoms with Gasteiger partial charge in [0.05, 0.1) is 31.2 Å². The van der Waals surface area contributed by atoms with Crippen molar-refractivity contribution in [3.8, 4) is 0 Å². The zero-order valence-corrected chi connectivity index (χ0v) is 90.9. The molecule has 3 aromatic rings. The Kier molecular flexibility index (Phi) is 62.1. The summed E-state index contributed by atoms with van der Waals surface area (Å²) < 4.78 is 217. The van der Waals surface area contributed by atoms with E-state index in [1.54, 1.807) is 126 Å². The second-order valence-electron chi connectivity index (χ2n) is 51.1. The SMILES string of the molecule is CC(C)(C)C(c1ccccc1)C(F)(F)F.CC(C)(C)CC(C(F)(F)F)C(F)(F)F.CC(C)(C)CC(C)(C)C.CC(C)(C)CC(Cl)(Cl)Cl.CC(C)(C)CC(F)(F)F.CC(C)(C)CC(F)F.CC(C)(C)CC1(C)COC1.CC(C)(C)CCC1CCCCO1.CC(C)(C)c1ccccc1.CC(C)CC(C)(C)C.CCCCC(C)(C)C.Cc1ccc(C(C(C)(C)C)C(F)(F)F)cc1. The molecule has 2 aliphatic rings. The van der Waals surface area contributed by atoms with Crippen molar-refractivity contribution in [3.63, 3.8) is 0 Å². The Bertz CT molecular complexity index is 3030. The van der Waals surface area contributed by atoms with Crippen LogP contribution in [0.25, 0.3) is 0 Å². The fraction of sp³-hybridized carbons (Fsp3) is 0.830. The molecular weight excluding hydrogens is 1730 g/mol. The molecule has 5 rings (SSSR count). The zero-order chi connectivity index (χ0) is 104. The monoisotopic (exact) mass is 1920 g/mol. The second kappa shape index (κ2) is 57.5. The molecule has 2 aliphatic heterocycles. The van der Waals surface area contributed by atoms with Gasteiger partial charge < -0.3 is 9.47 Å². The molecule has 3 aromatic carbocycles. The molecule has 0 saturated carbocycles. The predicted molar refractivity (Wildman–Crippen MR) is 520 cm³/mol. The average Bonchev–Trinajstić information content (AvgIpc) is 0.784. The average molecular weight is 1920 g/mol. The lowest BCUT2D eigenvalue weighted by Crippen LogP contribution is -2.42. The third-order valence-corrected chi connectivity index (χ3v) is 18.5. The molecule has 3 atom stereocenters. The summed E-state index contributed by atoms with van der Waals surface area (Å²) in [6.45, 7) is 91.7. The first-order valence-electron chi connectivity index (χ1n) is 45.8. The first kappa shape index (κ1) is 138. The highest BCUT2D eigenvalue weighted by Gasteiger charge is 2.57. The molecule has 0 aliphatic carbocycles. The fourth-order valence-corrected chi connectivity index (χ4v) is 15.6. The van der Waals surface area contributed by atoms with Crippen LogP contribution in [-0.4, -0.2) is 67.0 Å². The Labute approximate surface area is 789 Å². The summed E-state index contributed by atoms with van der Waals surface area (Å²) >= 11 is 16.6. The van der Waals surface area contributed by atoms with Crippen LogP contribution in [0.4, 0.5) is 74.6 Å². The topological polar surface area (TPSA) is 18.5 Å². The van der Waals surface area contributed by atoms with Gasteiger partial charge in [0, 0.05) is 24.9 Å². The molecule has 0 spiro atoms. The zero-order valence-electron chi connectivity index (χ0n) is 88.7. The van der Waals surface area contributed by atoms with Gasteiger partial charge in [0.15, 0.2) is 9.71 Å². The smallest absolute Gasteiger partial charge is 0.380 e. The number of rotatable bonds is 10. The number of ether oxygens (including phenoxy) is 2. The van der Waals surface area contributed by atoms with E-state index in [1.165, 1.54) is 109 Å². The molecule has 2 fully saturated rings. The van der Waals surface area contributed by atoms with E-state index in [0.717, 1.165) is 31.3 Å². The van der Waals surface area contributed by atoms with E-state index in [-0.39, 0.29) is 17.3 Å². The van der Waals surface area contributed by atoms with Gasteiger partial charge in [0.2, 0.25) is 6.43 Å². The van der Waals surface area contributed by atoms with Gasteiger partial charge in [-0.15, -0.1) is 0 Å². The highest BCUT2D eigenvalue weighted by atomic mass is 35.6. The number of benzene rings is 3. The van der Waals surface area contributed by atoms with Crippen molar-refractivity contribution in [1.82, 2.24) is 0 Å². The van der Waals surface area contributed by atoms with Crippen LogP contribution in [0.15, 0.2) is 84.9 Å². The summed E-state index contributed by atoms with van der Waals surface area (Å²) in [6.07, 6.45) is -11.1. The highest BCUT2D eigenvalue weighted by molar-refractivity contribution is 6.67. The van der Waals surface area contributed by atoms with Crippen LogP contribution in [0.3, 0.4) is 0 Å². The molecule has 0 amide bonds. The number of hydrogen-bond acceptors (Lipinski definition) is 2. The van der Waals surface area contributed by atoms with E-state index < -0.39 is 93.4 Å². The molecular formula is C106H188Cl3F17O2. The van der Waals surface area contributed by atoms with E-state index in [2.05, 4.69) is 203 Å². The van der Waals surface area contributed by atoms with E-state index in [4.69, 9.17) is 44.3 Å². The summed E-state index contributed by atoms with van der Waals surface area (Å²) in [7, 11) is 0. The van der Waals surface area contributed by atoms with Crippen molar-refractivity contribution in [3.05, 3.63) is 107 Å². The second-order valence-corrected chi connectivity index (χ2v) is 53.6. The number of hydrogen-bond donors (Lipinski definition) is 0. The van der Waals surface area contributed by atoms with Gasteiger partial charge in [-0.2, -0.15) is 65.9 Å². The predicted octanol–water partition coefficient (Wildman–Crippen LogP) is 41.3. The minimum Gasteiger partial charge on any atom is -0.380 e. The number of aryl methyl sites for hydroxylation is 1. The van der Waals surface area contributed by atoms with E-state index in [1.807, 2.05) is 27.7 Å². The Hall–Kier alpha value is -2.74. The van der Waals surface area contributed by atoms with Crippen LogP contribution in [0.1, 0.15) is 428 Å². The maximum absolute atomic E-state index is 13.0. The van der Waals surface area contributed by atoms with E-state index >= 15 is 0 Å². The van der Waals surface area contributed by atoms with Crippen LogP contribution in [-0.2, 0) is 14.9 Å². The molecule has 764 valence electrons. The Morgan fingerprint density at radius 3 is 0.891 bits per heavy atom. The van der Waals surface area contributed by atoms with Gasteiger partial charge in [0.25, 0.3) is 0 Å². The van der Waals surface area contributed by atoms with Crippen LogP contribution in [0.5, 0.6) is 0 Å². The summed E-state index contributed by atoms with van der Waals surface area (Å²) in [5, 5.41) is 0. The van der Waals surface area contributed by atoms with Gasteiger partial charge in [0.1, 0.15) is 0 Å². The lowest BCUT2D eigenvalue weighted by molar-refractivity contribution is -0.290. The third-order valence-electron chi connectivity index (χ3n) is 18.1. The van der Waals surface area contributed by atoms with Crippen molar-refractivity contribution in [1.29, 1.82) is 0 Å².